The van der Waals surface area contributed by atoms with Crippen molar-refractivity contribution < 1.29 is 58.1 Å². The van der Waals surface area contributed by atoms with Crippen LogP contribution in [0.15, 0.2) is 55.3 Å². The highest BCUT2D eigenvalue weighted by molar-refractivity contribution is 6.29. The van der Waals surface area contributed by atoms with Crippen molar-refractivity contribution in [3.8, 4) is 11.5 Å². The van der Waals surface area contributed by atoms with Gasteiger partial charge in [0.25, 0.3) is 0 Å². The summed E-state index contributed by atoms with van der Waals surface area (Å²) < 4.78 is 40.5. The van der Waals surface area contributed by atoms with Crippen molar-refractivity contribution in [2.75, 3.05) is 7.11 Å². The number of ether oxygens (including phenoxy) is 5. The van der Waals surface area contributed by atoms with Crippen LogP contribution in [0.5, 0.6) is 11.5 Å². The quantitative estimate of drug-likeness (QED) is 0.101. The molecule has 2 aliphatic rings. The Labute approximate surface area is 264 Å². The van der Waals surface area contributed by atoms with Gasteiger partial charge in [-0.25, -0.2) is 9.59 Å². The minimum absolute atomic E-state index is 0.00900. The Bertz CT molecular complexity index is 2120. The fourth-order valence-corrected chi connectivity index (χ4v) is 6.62. The molecule has 0 unspecified atom stereocenters. The summed E-state index contributed by atoms with van der Waals surface area (Å²) in [7, 11) is 1.30. The molecule has 0 radical (unpaired) electrons. The molecule has 14 heteroatoms. The Hall–Kier alpha value is -4.12. The highest BCUT2D eigenvalue weighted by atomic mass is 16.8. The molecule has 10 atom stereocenters. The molecule has 248 valence electrons. The smallest absolute Gasteiger partial charge is 0.348 e. The lowest BCUT2D eigenvalue weighted by molar-refractivity contribution is -0.353. The molecule has 5 aromatic rings. The molecule has 2 aromatic heterocycles. The number of aliphatic hydroxyl groups excluding tert-OH is 4. The van der Waals surface area contributed by atoms with Gasteiger partial charge in [-0.2, -0.15) is 0 Å². The van der Waals surface area contributed by atoms with E-state index in [-0.39, 0.29) is 49.2 Å². The number of phenolic OH excluding ortho intramolecular Hbond substituents is 1. The van der Waals surface area contributed by atoms with Crippen molar-refractivity contribution in [3.05, 3.63) is 63.3 Å². The number of aromatic hydroxyl groups is 1. The van der Waals surface area contributed by atoms with Crippen molar-refractivity contribution in [1.82, 2.24) is 0 Å². The van der Waals surface area contributed by atoms with Crippen LogP contribution in [0.25, 0.3) is 49.6 Å². The summed E-state index contributed by atoms with van der Waals surface area (Å²) in [5.41, 5.74) is -1.19. The van der Waals surface area contributed by atoms with E-state index in [0.29, 0.717) is 5.56 Å². The highest BCUT2D eigenvalue weighted by Gasteiger charge is 2.50. The molecule has 0 saturated carbocycles. The van der Waals surface area contributed by atoms with E-state index in [1.807, 2.05) is 0 Å². The third kappa shape index (κ3) is 4.71. The van der Waals surface area contributed by atoms with Crippen LogP contribution in [-0.2, 0) is 18.9 Å². The van der Waals surface area contributed by atoms with Crippen LogP contribution in [-0.4, -0.2) is 94.1 Å². The van der Waals surface area contributed by atoms with Gasteiger partial charge in [0.2, 0.25) is 6.29 Å². The van der Waals surface area contributed by atoms with Crippen LogP contribution >= 0.6 is 0 Å². The second-order valence-corrected chi connectivity index (χ2v) is 11.8. The SMILES string of the molecule is C=Cc1ccc2oc(=O)c3c(O)c4cccc(O[C@@H]5O[C@H](C)[C@H](O)[C@H](O)[C@H]5O[C@H]5O[C@H](C)[C@H](O)[C@H](OC)[C@H]5O)c4c4oc(=O)c1c2c34. The van der Waals surface area contributed by atoms with Crippen molar-refractivity contribution in [1.29, 1.82) is 0 Å². The normalized spacial score (nSPS) is 31.6. The number of rotatable bonds is 6. The third-order valence-electron chi connectivity index (χ3n) is 9.07. The summed E-state index contributed by atoms with van der Waals surface area (Å²) in [5, 5.41) is 55.0. The maximum Gasteiger partial charge on any atom is 0.348 e. The van der Waals surface area contributed by atoms with E-state index >= 15 is 0 Å². The third-order valence-corrected chi connectivity index (χ3v) is 9.07. The van der Waals surface area contributed by atoms with Gasteiger partial charge in [-0.1, -0.05) is 30.9 Å². The van der Waals surface area contributed by atoms with E-state index in [1.54, 1.807) is 13.0 Å². The molecule has 47 heavy (non-hydrogen) atoms. The minimum atomic E-state index is -1.61. The van der Waals surface area contributed by atoms with Crippen LogP contribution in [0.3, 0.4) is 0 Å². The average molecular weight is 653 g/mol. The largest absolute Gasteiger partial charge is 0.506 e. The predicted octanol–water partition coefficient (Wildman–Crippen LogP) is 1.70. The molecule has 4 heterocycles. The topological polar surface area (TPSA) is 208 Å². The second-order valence-electron chi connectivity index (χ2n) is 11.8. The zero-order valence-corrected chi connectivity index (χ0v) is 25.4. The van der Waals surface area contributed by atoms with Gasteiger partial charge >= 0.3 is 11.3 Å². The van der Waals surface area contributed by atoms with E-state index in [0.717, 1.165) is 0 Å². The molecule has 2 fully saturated rings. The number of phenols is 1. The van der Waals surface area contributed by atoms with Gasteiger partial charge in [-0.15, -0.1) is 0 Å². The summed E-state index contributed by atoms with van der Waals surface area (Å²) in [6.07, 6.45) is -11.6. The zero-order chi connectivity index (χ0) is 33.5. The fraction of sp³-hybridized carbons (Fsp3) is 0.394. The summed E-state index contributed by atoms with van der Waals surface area (Å²) in [6, 6.07) is 7.57. The maximum atomic E-state index is 13.5. The van der Waals surface area contributed by atoms with Gasteiger partial charge in [-0.05, 0) is 31.5 Å². The van der Waals surface area contributed by atoms with Crippen LogP contribution in [0.4, 0.5) is 0 Å². The molecule has 2 saturated heterocycles. The van der Waals surface area contributed by atoms with Gasteiger partial charge in [0.15, 0.2) is 18.0 Å². The number of hydrogen-bond acceptors (Lipinski definition) is 14. The van der Waals surface area contributed by atoms with Crippen molar-refractivity contribution >= 4 is 49.6 Å². The Morgan fingerprint density at radius 1 is 0.766 bits per heavy atom. The molecule has 0 aliphatic carbocycles. The Morgan fingerprint density at radius 2 is 1.47 bits per heavy atom. The highest BCUT2D eigenvalue weighted by Crippen LogP contribution is 2.45. The molecule has 0 amide bonds. The molecular formula is C33H32O14. The Balaban J connectivity index is 1.39. The monoisotopic (exact) mass is 652 g/mol. The first kappa shape index (κ1) is 31.5. The van der Waals surface area contributed by atoms with E-state index in [2.05, 4.69) is 6.58 Å². The van der Waals surface area contributed by atoms with Crippen molar-refractivity contribution in [2.24, 2.45) is 0 Å². The maximum absolute atomic E-state index is 13.5. The summed E-state index contributed by atoms with van der Waals surface area (Å²) in [6.45, 7) is 6.81. The molecule has 3 aromatic carbocycles. The summed E-state index contributed by atoms with van der Waals surface area (Å²) >= 11 is 0. The average Bonchev–Trinajstić information content (AvgIpc) is 3.05. The molecule has 14 nitrogen and oxygen atoms in total. The van der Waals surface area contributed by atoms with Crippen molar-refractivity contribution in [2.45, 2.75) is 75.3 Å². The number of hydrogen-bond donors (Lipinski definition) is 5. The van der Waals surface area contributed by atoms with Gasteiger partial charge in [0.05, 0.1) is 23.0 Å². The molecule has 2 aliphatic heterocycles. The fourth-order valence-electron chi connectivity index (χ4n) is 6.62. The number of fused-ring (bicyclic) bond motifs is 2. The number of methoxy groups -OCH3 is 1. The van der Waals surface area contributed by atoms with E-state index < -0.39 is 78.4 Å². The van der Waals surface area contributed by atoms with Crippen LogP contribution in [0.2, 0.25) is 0 Å². The molecular weight excluding hydrogens is 620 g/mol. The van der Waals surface area contributed by atoms with Crippen LogP contribution in [0, 0.1) is 0 Å². The summed E-state index contributed by atoms with van der Waals surface area (Å²) in [4.78, 5) is 26.6. The first-order valence-corrected chi connectivity index (χ1v) is 14.9. The van der Waals surface area contributed by atoms with Crippen LogP contribution in [0.1, 0.15) is 19.4 Å². The van der Waals surface area contributed by atoms with Gasteiger partial charge in [-0.3, -0.25) is 0 Å². The number of benzene rings is 3. The molecule has 7 rings (SSSR count). The first-order valence-electron chi connectivity index (χ1n) is 14.9. The summed E-state index contributed by atoms with van der Waals surface area (Å²) in [5.74, 6) is -0.462. The Kier molecular flexibility index (Phi) is 7.73. The van der Waals surface area contributed by atoms with Gasteiger partial charge < -0.3 is 58.1 Å². The van der Waals surface area contributed by atoms with Gasteiger partial charge in [0.1, 0.15) is 53.0 Å². The van der Waals surface area contributed by atoms with E-state index in [4.69, 9.17) is 32.5 Å². The molecule has 0 bridgehead atoms. The molecule has 0 spiro atoms. The minimum Gasteiger partial charge on any atom is -0.506 e. The number of aliphatic hydroxyl groups is 4. The lowest BCUT2D eigenvalue weighted by atomic mass is 9.95. The predicted molar refractivity (Wildman–Crippen MR) is 165 cm³/mol. The van der Waals surface area contributed by atoms with Crippen LogP contribution < -0.4 is 16.0 Å². The van der Waals surface area contributed by atoms with E-state index in [9.17, 15) is 35.1 Å². The lowest BCUT2D eigenvalue weighted by Gasteiger charge is -2.46. The Morgan fingerprint density at radius 3 is 2.19 bits per heavy atom. The standard InChI is InChI=1S/C33H32O14/c1-5-13-9-10-16-19-17(13)30(39)46-27-18-14(24(36)21(20(19)27)31(40)44-16)7-6-8-15(18)45-33-29(25(37)22(34)11(2)43-33)47-32-26(38)28(41-4)23(35)12(3)42-32/h5-12,22-23,25-26,28-29,32-38H,1H2,2-4H3/t11-,12-,22+,23+,25+,26-,28+,29-,32-,33+/m1/s1. The van der Waals surface area contributed by atoms with Gasteiger partial charge in [0, 0.05) is 23.3 Å². The lowest BCUT2D eigenvalue weighted by Crippen LogP contribution is -2.64. The first-order chi connectivity index (χ1) is 22.5. The second kappa shape index (κ2) is 11.5. The molecule has 5 N–H and O–H groups in total. The van der Waals surface area contributed by atoms with Crippen molar-refractivity contribution in [3.63, 3.8) is 0 Å². The zero-order valence-electron chi connectivity index (χ0n) is 25.4. The van der Waals surface area contributed by atoms with E-state index in [1.165, 1.54) is 44.4 Å².